The second-order valence-electron chi connectivity index (χ2n) is 8.18. The molecule has 2 unspecified atom stereocenters. The molecule has 2 atom stereocenters. The zero-order chi connectivity index (χ0) is 22.8. The fourth-order valence-electron chi connectivity index (χ4n) is 4.45. The fraction of sp³-hybridized carbons (Fsp3) is 0.375. The van der Waals surface area contributed by atoms with Crippen molar-refractivity contribution < 1.29 is 13.9 Å². The molecule has 0 saturated carbocycles. The number of thioether (sulfide) groups is 1. The molecule has 0 spiro atoms. The number of hydrogen-bond acceptors (Lipinski definition) is 6. The first kappa shape index (κ1) is 21.9. The maximum absolute atomic E-state index is 13.9. The highest BCUT2D eigenvalue weighted by Gasteiger charge is 2.54. The van der Waals surface area contributed by atoms with Gasteiger partial charge in [0.25, 0.3) is 0 Å². The van der Waals surface area contributed by atoms with Crippen molar-refractivity contribution >= 4 is 34.9 Å². The Bertz CT molecular complexity index is 1030. The van der Waals surface area contributed by atoms with Crippen LogP contribution in [-0.2, 0) is 4.74 Å². The normalized spacial score (nSPS) is 21.9. The van der Waals surface area contributed by atoms with Gasteiger partial charge >= 0.3 is 6.03 Å². The third-order valence-corrected chi connectivity index (χ3v) is 7.29. The predicted molar refractivity (Wildman–Crippen MR) is 131 cm³/mol. The second kappa shape index (κ2) is 9.52. The van der Waals surface area contributed by atoms with Gasteiger partial charge in [0.15, 0.2) is 0 Å². The van der Waals surface area contributed by atoms with Gasteiger partial charge in [-0.05, 0) is 41.3 Å². The maximum Gasteiger partial charge on any atom is 0.314 e. The number of amides is 2. The van der Waals surface area contributed by atoms with Crippen LogP contribution in [0.1, 0.15) is 5.56 Å². The Balaban J connectivity index is 1.36. The molecule has 7 nitrogen and oxygen atoms in total. The van der Waals surface area contributed by atoms with Crippen LogP contribution in [0.25, 0.3) is 5.70 Å². The van der Waals surface area contributed by atoms with Crippen molar-refractivity contribution in [2.45, 2.75) is 11.5 Å². The van der Waals surface area contributed by atoms with Gasteiger partial charge in [0.05, 0.1) is 18.9 Å². The summed E-state index contributed by atoms with van der Waals surface area (Å²) < 4.78 is 19.3. The lowest BCUT2D eigenvalue weighted by atomic mass is 10.1. The van der Waals surface area contributed by atoms with E-state index in [1.807, 2.05) is 6.07 Å². The average molecular weight is 470 g/mol. The van der Waals surface area contributed by atoms with Crippen LogP contribution in [0.4, 0.5) is 20.6 Å². The van der Waals surface area contributed by atoms with E-state index in [0.717, 1.165) is 43.3 Å². The van der Waals surface area contributed by atoms with Crippen LogP contribution >= 0.6 is 11.8 Å². The van der Waals surface area contributed by atoms with E-state index in [-0.39, 0.29) is 23.4 Å². The van der Waals surface area contributed by atoms with E-state index in [9.17, 15) is 9.18 Å². The zero-order valence-corrected chi connectivity index (χ0v) is 19.4. The summed E-state index contributed by atoms with van der Waals surface area (Å²) in [5.74, 6) is -0.235. The predicted octanol–water partition coefficient (Wildman–Crippen LogP) is 3.11. The molecule has 2 N–H and O–H groups in total. The van der Waals surface area contributed by atoms with Gasteiger partial charge in [-0.1, -0.05) is 18.2 Å². The highest BCUT2D eigenvalue weighted by atomic mass is 32.2. The summed E-state index contributed by atoms with van der Waals surface area (Å²) in [5, 5.41) is 7.89. The molecule has 2 fully saturated rings. The molecule has 3 aliphatic rings. The van der Waals surface area contributed by atoms with Crippen molar-refractivity contribution in [2.75, 3.05) is 56.2 Å². The number of carbonyl (C=O) groups excluding carboxylic acids is 1. The van der Waals surface area contributed by atoms with Crippen molar-refractivity contribution in [3.05, 3.63) is 65.3 Å². The number of rotatable bonds is 6. The molecule has 2 amide bonds. The van der Waals surface area contributed by atoms with Crippen LogP contribution < -0.4 is 20.4 Å². The van der Waals surface area contributed by atoms with Gasteiger partial charge in [0, 0.05) is 44.6 Å². The number of morpholine rings is 1. The summed E-state index contributed by atoms with van der Waals surface area (Å²) >= 11 is 1.76. The summed E-state index contributed by atoms with van der Waals surface area (Å²) in [6, 6.07) is 15.2. The number of ether oxygens (including phenoxy) is 1. The highest BCUT2D eigenvalue weighted by molar-refractivity contribution is 8.03. The monoisotopic (exact) mass is 469 g/mol. The van der Waals surface area contributed by atoms with Gasteiger partial charge in [-0.3, -0.25) is 0 Å². The van der Waals surface area contributed by atoms with Gasteiger partial charge in [0.2, 0.25) is 0 Å². The molecular weight excluding hydrogens is 441 g/mol. The van der Waals surface area contributed by atoms with E-state index in [4.69, 9.17) is 4.74 Å². The molecule has 174 valence electrons. The van der Waals surface area contributed by atoms with Crippen LogP contribution in [-0.4, -0.2) is 68.9 Å². The summed E-state index contributed by atoms with van der Waals surface area (Å²) in [4.78, 5) is 18.6. The molecule has 9 heteroatoms. The topological polar surface area (TPSA) is 59.9 Å². The van der Waals surface area contributed by atoms with Crippen LogP contribution in [0.15, 0.2) is 53.9 Å². The van der Waals surface area contributed by atoms with Gasteiger partial charge < -0.3 is 30.1 Å². The minimum atomic E-state index is -0.235. The summed E-state index contributed by atoms with van der Waals surface area (Å²) in [6.07, 6.45) is 0.113. The van der Waals surface area contributed by atoms with Crippen molar-refractivity contribution in [1.82, 2.24) is 15.5 Å². The molecule has 2 saturated heterocycles. The highest BCUT2D eigenvalue weighted by Crippen LogP contribution is 2.50. The third kappa shape index (κ3) is 4.60. The Kier molecular flexibility index (Phi) is 6.32. The molecule has 0 radical (unpaired) electrons. The van der Waals surface area contributed by atoms with Crippen molar-refractivity contribution in [3.8, 4) is 0 Å². The lowest BCUT2D eigenvalue weighted by molar-refractivity contribution is 0.122. The molecule has 3 heterocycles. The molecule has 0 aromatic heterocycles. The van der Waals surface area contributed by atoms with Crippen LogP contribution in [0.2, 0.25) is 0 Å². The number of benzene rings is 2. The first-order valence-corrected chi connectivity index (χ1v) is 12.1. The van der Waals surface area contributed by atoms with E-state index in [1.54, 1.807) is 30.9 Å². The number of anilines is 2. The Labute approximate surface area is 197 Å². The molecule has 33 heavy (non-hydrogen) atoms. The van der Waals surface area contributed by atoms with Gasteiger partial charge in [0.1, 0.15) is 17.4 Å². The fourth-order valence-corrected chi connectivity index (χ4v) is 5.71. The number of nitrogens with zero attached hydrogens (tertiary/aromatic N) is 3. The number of urea groups is 1. The Hall–Kier alpha value is -2.91. The molecule has 0 bridgehead atoms. The zero-order valence-electron chi connectivity index (χ0n) is 18.5. The Morgan fingerprint density at radius 1 is 1.15 bits per heavy atom. The van der Waals surface area contributed by atoms with Crippen LogP contribution in [0.5, 0.6) is 0 Å². The second-order valence-corrected chi connectivity index (χ2v) is 9.17. The molecular formula is C24H28FN5O2S. The standard InChI is InChI=1S/C24H28FN5O2S/c1-26-24(31)27-9-10-29-21(17-5-7-19(8-6-17)28-11-13-32-14-12-28)16-33-23-22(29)30(23)20-4-2-3-18(25)15-20/h2-8,15-16,22-23H,9-14H2,1H3,(H2,26,27,31). The number of halogens is 1. The number of nitrogens with one attached hydrogen (secondary N) is 2. The Morgan fingerprint density at radius 2 is 1.94 bits per heavy atom. The van der Waals surface area contributed by atoms with E-state index in [1.165, 1.54) is 11.8 Å². The summed E-state index contributed by atoms with van der Waals surface area (Å²) in [6.45, 7) is 4.48. The summed E-state index contributed by atoms with van der Waals surface area (Å²) in [7, 11) is 1.61. The van der Waals surface area contributed by atoms with Crippen LogP contribution in [0, 0.1) is 5.82 Å². The van der Waals surface area contributed by atoms with E-state index < -0.39 is 0 Å². The van der Waals surface area contributed by atoms with E-state index in [2.05, 4.69) is 55.0 Å². The lowest BCUT2D eigenvalue weighted by Crippen LogP contribution is -2.40. The number of fused-ring (bicyclic) bond motifs is 1. The largest absolute Gasteiger partial charge is 0.378 e. The first-order chi connectivity index (χ1) is 16.2. The van der Waals surface area contributed by atoms with Gasteiger partial charge in [-0.25, -0.2) is 9.18 Å². The SMILES string of the molecule is CNC(=O)NCCN1C(c2ccc(N3CCOCC3)cc2)=CSC2C1N2c1cccc(F)c1. The average Bonchev–Trinajstić information content (AvgIpc) is 3.59. The number of carbonyl (C=O) groups is 1. The van der Waals surface area contributed by atoms with Gasteiger partial charge in [-0.2, -0.15) is 0 Å². The molecule has 5 rings (SSSR count). The minimum absolute atomic E-state index is 0.113. The van der Waals surface area contributed by atoms with Crippen molar-refractivity contribution in [2.24, 2.45) is 0 Å². The molecule has 2 aromatic carbocycles. The van der Waals surface area contributed by atoms with Crippen LogP contribution in [0.3, 0.4) is 0 Å². The van der Waals surface area contributed by atoms with E-state index in [0.29, 0.717) is 13.1 Å². The van der Waals surface area contributed by atoms with Gasteiger partial charge in [-0.15, -0.1) is 11.8 Å². The lowest BCUT2D eigenvalue weighted by Gasteiger charge is -2.31. The minimum Gasteiger partial charge on any atom is -0.378 e. The maximum atomic E-state index is 13.9. The third-order valence-electron chi connectivity index (χ3n) is 6.18. The smallest absolute Gasteiger partial charge is 0.314 e. The summed E-state index contributed by atoms with van der Waals surface area (Å²) in [5.41, 5.74) is 4.32. The van der Waals surface area contributed by atoms with Crippen molar-refractivity contribution in [3.63, 3.8) is 0 Å². The molecule has 0 aliphatic carbocycles. The quantitative estimate of drug-likeness (QED) is 0.634. The molecule has 3 aliphatic heterocycles. The van der Waals surface area contributed by atoms with Crippen molar-refractivity contribution in [1.29, 1.82) is 0 Å². The number of hydrogen-bond donors (Lipinski definition) is 2. The van der Waals surface area contributed by atoms with E-state index >= 15 is 0 Å². The Morgan fingerprint density at radius 3 is 2.67 bits per heavy atom. The molecule has 2 aromatic rings. The first-order valence-electron chi connectivity index (χ1n) is 11.2.